The maximum Gasteiger partial charge on any atom is 0.275 e. The summed E-state index contributed by atoms with van der Waals surface area (Å²) in [6.45, 7) is 0. The molecule has 1 aromatic carbocycles. The van der Waals surface area contributed by atoms with Gasteiger partial charge in [-0.3, -0.25) is 14.5 Å². The molecule has 4 aromatic rings. The molecule has 3 heterocycles. The zero-order valence-corrected chi connectivity index (χ0v) is 14.6. The van der Waals surface area contributed by atoms with Crippen molar-refractivity contribution >= 4 is 17.3 Å². The average molecular weight is 359 g/mol. The predicted molar refractivity (Wildman–Crippen MR) is 102 cm³/mol. The topological polar surface area (TPSA) is 104 Å². The summed E-state index contributed by atoms with van der Waals surface area (Å²) in [7, 11) is 1.82. The van der Waals surface area contributed by atoms with Crippen LogP contribution in [0.15, 0.2) is 67.5 Å². The number of nitrogens with one attached hydrogen (secondary N) is 1. The van der Waals surface area contributed by atoms with Gasteiger partial charge in [-0.25, -0.2) is 4.98 Å². The third-order valence-electron chi connectivity index (χ3n) is 4.07. The fourth-order valence-electron chi connectivity index (χ4n) is 2.65. The van der Waals surface area contributed by atoms with Crippen LogP contribution in [0, 0.1) is 0 Å². The molecular formula is C19H17N7O. The van der Waals surface area contributed by atoms with E-state index in [1.807, 2.05) is 54.5 Å². The first-order chi connectivity index (χ1) is 13.1. The molecule has 0 saturated carbocycles. The Bertz CT molecular complexity index is 1080. The van der Waals surface area contributed by atoms with E-state index in [1.54, 1.807) is 23.1 Å². The highest BCUT2D eigenvalue weighted by Gasteiger charge is 2.12. The maximum absolute atomic E-state index is 12.5. The number of carbonyl (C=O) groups excluding carboxylic acids is 1. The van der Waals surface area contributed by atoms with Gasteiger partial charge >= 0.3 is 0 Å². The van der Waals surface area contributed by atoms with Gasteiger partial charge in [-0.15, -0.1) is 0 Å². The van der Waals surface area contributed by atoms with E-state index < -0.39 is 0 Å². The second-order valence-electron chi connectivity index (χ2n) is 6.01. The van der Waals surface area contributed by atoms with Crippen molar-refractivity contribution in [3.63, 3.8) is 0 Å². The summed E-state index contributed by atoms with van der Waals surface area (Å²) in [5.74, 6) is -0.378. The average Bonchev–Trinajstić information content (AvgIpc) is 3.35. The highest BCUT2D eigenvalue weighted by atomic mass is 16.1. The molecule has 1 amide bonds. The van der Waals surface area contributed by atoms with Crippen LogP contribution in [0.3, 0.4) is 0 Å². The number of rotatable bonds is 4. The van der Waals surface area contributed by atoms with Crippen LogP contribution >= 0.6 is 0 Å². The van der Waals surface area contributed by atoms with Gasteiger partial charge in [0.25, 0.3) is 5.91 Å². The molecular weight excluding hydrogens is 342 g/mol. The first kappa shape index (κ1) is 16.5. The van der Waals surface area contributed by atoms with Crippen LogP contribution in [0.4, 0.5) is 11.4 Å². The van der Waals surface area contributed by atoms with Gasteiger partial charge < -0.3 is 15.6 Å². The number of carbonyl (C=O) groups is 1. The Morgan fingerprint density at radius 2 is 1.93 bits per heavy atom. The largest absolute Gasteiger partial charge is 0.397 e. The van der Waals surface area contributed by atoms with E-state index in [2.05, 4.69) is 20.4 Å². The molecule has 0 fully saturated rings. The molecule has 0 bridgehead atoms. The van der Waals surface area contributed by atoms with Crippen LogP contribution in [0.2, 0.25) is 0 Å². The lowest BCUT2D eigenvalue weighted by Crippen LogP contribution is -2.15. The number of nitrogens with zero attached hydrogens (tertiary/aromatic N) is 5. The number of amides is 1. The fraction of sp³-hybridized carbons (Fsp3) is 0.0526. The van der Waals surface area contributed by atoms with E-state index in [1.165, 1.54) is 6.20 Å². The van der Waals surface area contributed by atoms with E-state index in [0.717, 1.165) is 11.3 Å². The van der Waals surface area contributed by atoms with Gasteiger partial charge in [0.1, 0.15) is 5.69 Å². The van der Waals surface area contributed by atoms with Gasteiger partial charge in [-0.2, -0.15) is 5.10 Å². The Morgan fingerprint density at radius 1 is 1.11 bits per heavy atom. The van der Waals surface area contributed by atoms with Crippen LogP contribution in [0.5, 0.6) is 0 Å². The van der Waals surface area contributed by atoms with Gasteiger partial charge in [-0.05, 0) is 30.3 Å². The number of benzene rings is 1. The van der Waals surface area contributed by atoms with Crippen molar-refractivity contribution in [2.45, 2.75) is 0 Å². The zero-order chi connectivity index (χ0) is 18.8. The summed E-state index contributed by atoms with van der Waals surface area (Å²) in [5.41, 5.74) is 9.57. The molecule has 134 valence electrons. The Hall–Kier alpha value is -3.94. The molecule has 0 atom stereocenters. The lowest BCUT2D eigenvalue weighted by molar-refractivity contribution is 0.102. The third-order valence-corrected chi connectivity index (χ3v) is 4.07. The summed E-state index contributed by atoms with van der Waals surface area (Å²) in [4.78, 5) is 21.0. The molecule has 3 aromatic heterocycles. The molecule has 3 N–H and O–H groups in total. The number of aromatic nitrogens is 5. The molecule has 0 aliphatic carbocycles. The second kappa shape index (κ2) is 6.75. The Kier molecular flexibility index (Phi) is 4.13. The Morgan fingerprint density at radius 3 is 2.59 bits per heavy atom. The number of hydrogen-bond donors (Lipinski definition) is 2. The van der Waals surface area contributed by atoms with Crippen molar-refractivity contribution in [3.8, 4) is 16.9 Å². The van der Waals surface area contributed by atoms with Crippen LogP contribution < -0.4 is 11.1 Å². The summed E-state index contributed by atoms with van der Waals surface area (Å²) in [5, 5.41) is 6.90. The molecule has 0 radical (unpaired) electrons. The van der Waals surface area contributed by atoms with Crippen LogP contribution in [-0.4, -0.2) is 30.2 Å². The minimum atomic E-state index is -0.378. The van der Waals surface area contributed by atoms with Crippen LogP contribution in [0.25, 0.3) is 16.9 Å². The minimum Gasteiger partial charge on any atom is -0.397 e. The molecule has 8 nitrogen and oxygen atoms in total. The van der Waals surface area contributed by atoms with E-state index in [-0.39, 0.29) is 11.6 Å². The van der Waals surface area contributed by atoms with Crippen molar-refractivity contribution in [1.29, 1.82) is 0 Å². The van der Waals surface area contributed by atoms with Crippen molar-refractivity contribution in [2.75, 3.05) is 11.1 Å². The summed E-state index contributed by atoms with van der Waals surface area (Å²) >= 11 is 0. The monoisotopic (exact) mass is 359 g/mol. The molecule has 4 rings (SSSR count). The number of hydrogen-bond acceptors (Lipinski definition) is 5. The highest BCUT2D eigenvalue weighted by Crippen LogP contribution is 2.23. The van der Waals surface area contributed by atoms with Gasteiger partial charge in [-0.1, -0.05) is 0 Å². The fourth-order valence-corrected chi connectivity index (χ4v) is 2.65. The van der Waals surface area contributed by atoms with Crippen molar-refractivity contribution in [2.24, 2.45) is 7.05 Å². The van der Waals surface area contributed by atoms with Crippen molar-refractivity contribution in [1.82, 2.24) is 24.3 Å². The molecule has 0 aliphatic rings. The standard InChI is InChI=1S/C19H17N7O/c1-25-12-13(9-23-25)17-10-22-18(11-21-17)19(27)24-16-8-14(4-5-15(16)20)26-6-2-3-7-26/h2-12H,20H2,1H3,(H,24,27). The minimum absolute atomic E-state index is 0.202. The smallest absolute Gasteiger partial charge is 0.275 e. The van der Waals surface area contributed by atoms with Crippen molar-refractivity contribution < 1.29 is 4.79 Å². The quantitative estimate of drug-likeness (QED) is 0.545. The zero-order valence-electron chi connectivity index (χ0n) is 14.6. The number of nitrogens with two attached hydrogens (primary N) is 1. The van der Waals surface area contributed by atoms with Crippen LogP contribution in [0.1, 0.15) is 10.5 Å². The highest BCUT2D eigenvalue weighted by molar-refractivity contribution is 6.04. The number of aryl methyl sites for hydroxylation is 1. The molecule has 27 heavy (non-hydrogen) atoms. The Labute approximate surface area is 155 Å². The number of nitrogen functional groups attached to an aromatic ring is 1. The second-order valence-corrected chi connectivity index (χ2v) is 6.01. The van der Waals surface area contributed by atoms with Gasteiger partial charge in [0.05, 0.1) is 35.7 Å². The first-order valence-corrected chi connectivity index (χ1v) is 8.25. The summed E-state index contributed by atoms with van der Waals surface area (Å²) < 4.78 is 3.61. The SMILES string of the molecule is Cn1cc(-c2cnc(C(=O)Nc3cc(-n4cccc4)ccc3N)cn2)cn1. The van der Waals surface area contributed by atoms with Gasteiger partial charge in [0.2, 0.25) is 0 Å². The lowest BCUT2D eigenvalue weighted by atomic mass is 10.2. The summed E-state index contributed by atoms with van der Waals surface area (Å²) in [6.07, 6.45) is 10.3. The third kappa shape index (κ3) is 3.40. The molecule has 0 aliphatic heterocycles. The van der Waals surface area contributed by atoms with Gasteiger partial charge in [0.15, 0.2) is 0 Å². The normalized spacial score (nSPS) is 10.7. The molecule has 8 heteroatoms. The Balaban J connectivity index is 1.54. The molecule has 0 spiro atoms. The predicted octanol–water partition coefficient (Wildman–Crippen LogP) is 2.50. The van der Waals surface area contributed by atoms with Crippen LogP contribution in [-0.2, 0) is 7.05 Å². The molecule has 0 unspecified atom stereocenters. The first-order valence-electron chi connectivity index (χ1n) is 8.25. The lowest BCUT2D eigenvalue weighted by Gasteiger charge is -2.11. The van der Waals surface area contributed by atoms with Gasteiger partial charge in [0, 0.05) is 36.9 Å². The van der Waals surface area contributed by atoms with E-state index in [9.17, 15) is 4.79 Å². The van der Waals surface area contributed by atoms with E-state index in [4.69, 9.17) is 5.73 Å². The molecule has 0 saturated heterocycles. The van der Waals surface area contributed by atoms with E-state index >= 15 is 0 Å². The van der Waals surface area contributed by atoms with Crippen molar-refractivity contribution in [3.05, 3.63) is 73.2 Å². The summed E-state index contributed by atoms with van der Waals surface area (Å²) in [6, 6.07) is 9.29. The number of anilines is 2. The van der Waals surface area contributed by atoms with E-state index in [0.29, 0.717) is 17.1 Å². The maximum atomic E-state index is 12.5.